The molecule has 0 amide bonds. The normalized spacial score (nSPS) is 10.7. The standard InChI is InChI=1S/C4H8O10P2.2Na.2H/c5-3(13-15(7,8)9)1-2-4(6)14-16(10,11)12;;;;/h1-2H2,(H2,7,8,9)(H2,10,11,12);;;;. The Morgan fingerprint density at radius 3 is 1.17 bits per heavy atom. The van der Waals surface area contributed by atoms with Crippen molar-refractivity contribution in [2.45, 2.75) is 12.8 Å². The van der Waals surface area contributed by atoms with Crippen LogP contribution in [-0.4, -0.2) is 90.6 Å². The molecular weight excluding hydrogens is 316 g/mol. The summed E-state index contributed by atoms with van der Waals surface area (Å²) in [5.41, 5.74) is 0. The van der Waals surface area contributed by atoms with Crippen LogP contribution in [0.15, 0.2) is 0 Å². The van der Waals surface area contributed by atoms with Crippen LogP contribution in [0.3, 0.4) is 0 Å². The van der Waals surface area contributed by atoms with E-state index in [0.717, 1.165) is 0 Å². The second-order valence-electron chi connectivity index (χ2n) is 2.41. The van der Waals surface area contributed by atoms with Crippen LogP contribution in [0.1, 0.15) is 12.8 Å². The summed E-state index contributed by atoms with van der Waals surface area (Å²) < 4.78 is 27.3. The van der Waals surface area contributed by atoms with Gasteiger partial charge >= 0.3 is 86.7 Å². The van der Waals surface area contributed by atoms with E-state index in [1.165, 1.54) is 0 Å². The zero-order chi connectivity index (χ0) is 13.0. The molecular formula is C4H10Na2O10P2. The van der Waals surface area contributed by atoms with E-state index in [1.807, 2.05) is 0 Å². The number of rotatable bonds is 5. The third-order valence-corrected chi connectivity index (χ3v) is 1.86. The first-order chi connectivity index (χ1) is 6.99. The average Bonchev–Trinajstić information content (AvgIpc) is 1.94. The van der Waals surface area contributed by atoms with E-state index in [9.17, 15) is 18.7 Å². The Kier molecular flexibility index (Phi) is 13.5. The maximum absolute atomic E-state index is 10.6. The van der Waals surface area contributed by atoms with Crippen LogP contribution in [0.25, 0.3) is 0 Å². The van der Waals surface area contributed by atoms with Crippen molar-refractivity contribution in [3.8, 4) is 0 Å². The third-order valence-electron chi connectivity index (χ3n) is 0.975. The van der Waals surface area contributed by atoms with Gasteiger partial charge in [0.15, 0.2) is 0 Å². The van der Waals surface area contributed by atoms with Gasteiger partial charge in [-0.2, -0.15) is 0 Å². The molecule has 14 heteroatoms. The Labute approximate surface area is 145 Å². The van der Waals surface area contributed by atoms with Crippen molar-refractivity contribution in [3.05, 3.63) is 0 Å². The minimum atomic E-state index is -4.98. The molecule has 0 atom stereocenters. The number of carbonyl (C=O) groups excluding carboxylic acids is 2. The van der Waals surface area contributed by atoms with Crippen molar-refractivity contribution >= 4 is 86.7 Å². The van der Waals surface area contributed by atoms with Crippen LogP contribution in [-0.2, 0) is 27.8 Å². The molecule has 0 rings (SSSR count). The SMILES string of the molecule is O=C(CCC(=O)OP(=O)(O)O)OP(=O)(O)O.[NaH].[NaH]. The van der Waals surface area contributed by atoms with Crippen molar-refractivity contribution in [2.75, 3.05) is 0 Å². The third kappa shape index (κ3) is 17.2. The number of phosphoric acid groups is 2. The maximum atomic E-state index is 10.6. The van der Waals surface area contributed by atoms with Crippen LogP contribution in [0.5, 0.6) is 0 Å². The van der Waals surface area contributed by atoms with E-state index in [0.29, 0.717) is 0 Å². The minimum absolute atomic E-state index is 0. The molecule has 0 aliphatic rings. The Balaban J connectivity index is -0.00000112. The van der Waals surface area contributed by atoms with Crippen molar-refractivity contribution in [1.29, 1.82) is 0 Å². The summed E-state index contributed by atoms with van der Waals surface area (Å²) in [4.78, 5) is 53.9. The molecule has 0 saturated carbocycles. The van der Waals surface area contributed by atoms with Gasteiger partial charge in [-0.15, -0.1) is 0 Å². The fourth-order valence-electron chi connectivity index (χ4n) is 0.561. The van der Waals surface area contributed by atoms with Crippen LogP contribution in [0.4, 0.5) is 0 Å². The predicted octanol–water partition coefficient (Wildman–Crippen LogP) is -2.26. The fraction of sp³-hybridized carbons (Fsp3) is 0.500. The number of phosphoric ester groups is 2. The van der Waals surface area contributed by atoms with Crippen LogP contribution in [0.2, 0.25) is 0 Å². The van der Waals surface area contributed by atoms with Gasteiger partial charge in [0, 0.05) is 0 Å². The molecule has 0 unspecified atom stereocenters. The Morgan fingerprint density at radius 2 is 1.00 bits per heavy atom. The Bertz CT molecular complexity index is 334. The second-order valence-corrected chi connectivity index (χ2v) is 4.74. The summed E-state index contributed by atoms with van der Waals surface area (Å²) >= 11 is 0. The molecule has 0 heterocycles. The van der Waals surface area contributed by atoms with Gasteiger partial charge in [-0.25, -0.2) is 9.13 Å². The van der Waals surface area contributed by atoms with Crippen LogP contribution >= 0.6 is 15.6 Å². The predicted molar refractivity (Wildman–Crippen MR) is 59.8 cm³/mol. The molecule has 0 spiro atoms. The molecule has 0 radical (unpaired) electrons. The molecule has 0 aliphatic carbocycles. The van der Waals surface area contributed by atoms with Crippen molar-refractivity contribution in [2.24, 2.45) is 0 Å². The van der Waals surface area contributed by atoms with E-state index in [2.05, 4.69) is 9.05 Å². The molecule has 98 valence electrons. The van der Waals surface area contributed by atoms with Gasteiger partial charge in [-0.1, -0.05) is 0 Å². The first kappa shape index (κ1) is 24.3. The van der Waals surface area contributed by atoms with Gasteiger partial charge in [-0.3, -0.25) is 29.2 Å². The van der Waals surface area contributed by atoms with Crippen molar-refractivity contribution < 1.29 is 47.3 Å². The van der Waals surface area contributed by atoms with Gasteiger partial charge in [0.1, 0.15) is 0 Å². The fourth-order valence-corrected chi connectivity index (χ4v) is 1.27. The molecule has 0 saturated heterocycles. The Hall–Kier alpha value is 1.24. The summed E-state index contributed by atoms with van der Waals surface area (Å²) in [6.07, 6.45) is -1.55. The molecule has 4 N–H and O–H groups in total. The first-order valence-electron chi connectivity index (χ1n) is 3.55. The Morgan fingerprint density at radius 1 is 0.778 bits per heavy atom. The first-order valence-corrected chi connectivity index (χ1v) is 6.61. The van der Waals surface area contributed by atoms with Crippen molar-refractivity contribution in [1.82, 2.24) is 0 Å². The summed E-state index contributed by atoms with van der Waals surface area (Å²) in [5, 5.41) is 0. The summed E-state index contributed by atoms with van der Waals surface area (Å²) in [5.74, 6) is -2.79. The molecule has 0 aliphatic heterocycles. The van der Waals surface area contributed by atoms with Gasteiger partial charge in [-0.05, 0) is 0 Å². The molecule has 0 aromatic heterocycles. The molecule has 0 aromatic carbocycles. The molecule has 10 nitrogen and oxygen atoms in total. The molecule has 0 fully saturated rings. The van der Waals surface area contributed by atoms with Crippen LogP contribution < -0.4 is 0 Å². The zero-order valence-corrected chi connectivity index (χ0v) is 9.34. The molecule has 0 bridgehead atoms. The molecule has 18 heavy (non-hydrogen) atoms. The van der Waals surface area contributed by atoms with E-state index >= 15 is 0 Å². The van der Waals surface area contributed by atoms with Gasteiger partial charge in [0.05, 0.1) is 12.8 Å². The number of hydrogen-bond donors (Lipinski definition) is 4. The van der Waals surface area contributed by atoms with E-state index in [1.54, 1.807) is 0 Å². The van der Waals surface area contributed by atoms with Gasteiger partial charge in [0.2, 0.25) is 0 Å². The van der Waals surface area contributed by atoms with Gasteiger partial charge in [0.25, 0.3) is 0 Å². The molecule has 0 aromatic rings. The average molecular weight is 326 g/mol. The summed E-state index contributed by atoms with van der Waals surface area (Å²) in [6, 6.07) is 0. The van der Waals surface area contributed by atoms with Crippen molar-refractivity contribution in [3.63, 3.8) is 0 Å². The van der Waals surface area contributed by atoms with E-state index in [-0.39, 0.29) is 59.1 Å². The monoisotopic (exact) mass is 326 g/mol. The van der Waals surface area contributed by atoms with Gasteiger partial charge < -0.3 is 9.05 Å². The quantitative estimate of drug-likeness (QED) is 0.320. The number of carbonyl (C=O) groups is 2. The second kappa shape index (κ2) is 10.0. The number of hydrogen-bond acceptors (Lipinski definition) is 6. The summed E-state index contributed by atoms with van der Waals surface area (Å²) in [6.45, 7) is 0. The van der Waals surface area contributed by atoms with E-state index in [4.69, 9.17) is 19.6 Å². The van der Waals surface area contributed by atoms with E-state index < -0.39 is 40.4 Å². The zero-order valence-electron chi connectivity index (χ0n) is 7.55. The topological polar surface area (TPSA) is 168 Å². The summed E-state index contributed by atoms with van der Waals surface area (Å²) in [7, 11) is -9.96. The van der Waals surface area contributed by atoms with Crippen LogP contribution in [0, 0.1) is 0 Å².